The molecular formula is C10H14N2O8Pd-4. The molecule has 0 rings (SSSR count). The number of carbonyl (C=O) groups is 4. The number of hydrogen-bond acceptors (Lipinski definition) is 10. The maximum Gasteiger partial charge on any atom is 0.0582 e. The number of carboxylic acid groups (broad SMARTS) is 4. The number of hydrogen-bond donors (Lipinski definition) is 2. The summed E-state index contributed by atoms with van der Waals surface area (Å²) in [5.41, 5.74) is 9.82. The molecule has 0 radical (unpaired) electrons. The Hall–Kier alpha value is -1.54. The normalized spacial score (nSPS) is 11.9. The van der Waals surface area contributed by atoms with E-state index >= 15 is 0 Å². The Morgan fingerprint density at radius 1 is 0.714 bits per heavy atom. The molecule has 11 heteroatoms. The third kappa shape index (κ3) is 18.5. The number of carbonyl (C=O) groups excluding carboxylic acids is 4. The van der Waals surface area contributed by atoms with Crippen molar-refractivity contribution in [2.24, 2.45) is 11.5 Å². The SMILES string of the molecule is N[C@@H](CCC(=O)[O-])C(=O)[O-].N[C@@H](CCC(=O)[O-])C(=O)[O-].[Pd]. The Bertz CT molecular complexity index is 329. The molecule has 0 aliphatic heterocycles. The first-order valence-electron chi connectivity index (χ1n) is 5.40. The smallest absolute Gasteiger partial charge is 0.0582 e. The molecule has 4 N–H and O–H groups in total. The summed E-state index contributed by atoms with van der Waals surface area (Å²) in [6.45, 7) is 0. The van der Waals surface area contributed by atoms with Crippen molar-refractivity contribution in [3.8, 4) is 0 Å². The van der Waals surface area contributed by atoms with Gasteiger partial charge in [-0.15, -0.1) is 0 Å². The molecule has 0 heterocycles. The second-order valence-corrected chi connectivity index (χ2v) is 3.67. The number of carboxylic acids is 4. The third-order valence-corrected chi connectivity index (χ3v) is 1.92. The van der Waals surface area contributed by atoms with Crippen molar-refractivity contribution < 1.29 is 60.0 Å². The molecule has 10 nitrogen and oxygen atoms in total. The van der Waals surface area contributed by atoms with E-state index in [1.54, 1.807) is 0 Å². The van der Waals surface area contributed by atoms with Crippen LogP contribution in [0, 0.1) is 0 Å². The zero-order chi connectivity index (χ0) is 16.3. The van der Waals surface area contributed by atoms with Crippen LogP contribution in [0.25, 0.3) is 0 Å². The van der Waals surface area contributed by atoms with Crippen LogP contribution in [0.1, 0.15) is 25.7 Å². The summed E-state index contributed by atoms with van der Waals surface area (Å²) in [7, 11) is 0. The number of aliphatic carboxylic acids is 4. The van der Waals surface area contributed by atoms with Gasteiger partial charge in [0.15, 0.2) is 0 Å². The monoisotopic (exact) mass is 396 g/mol. The van der Waals surface area contributed by atoms with Gasteiger partial charge in [0.25, 0.3) is 0 Å². The molecule has 0 aromatic rings. The second kappa shape index (κ2) is 13.4. The van der Waals surface area contributed by atoms with Gasteiger partial charge in [-0.25, -0.2) is 0 Å². The van der Waals surface area contributed by atoms with Crippen LogP contribution in [0.5, 0.6) is 0 Å². The molecule has 0 aromatic heterocycles. The van der Waals surface area contributed by atoms with Crippen molar-refractivity contribution in [2.75, 3.05) is 0 Å². The Balaban J connectivity index is -0.000000295. The van der Waals surface area contributed by atoms with E-state index in [0.29, 0.717) is 0 Å². The molecule has 0 spiro atoms. The molecule has 0 saturated carbocycles. The van der Waals surface area contributed by atoms with Gasteiger partial charge in [-0.1, -0.05) is 0 Å². The minimum atomic E-state index is -1.44. The molecule has 0 saturated heterocycles. The minimum absolute atomic E-state index is 0. The molecule has 0 aromatic carbocycles. The summed E-state index contributed by atoms with van der Waals surface area (Å²) in [4.78, 5) is 39.2. The van der Waals surface area contributed by atoms with Crippen molar-refractivity contribution in [3.63, 3.8) is 0 Å². The van der Waals surface area contributed by atoms with Gasteiger partial charge in [0.1, 0.15) is 0 Å². The Kier molecular flexibility index (Phi) is 15.7. The first-order valence-corrected chi connectivity index (χ1v) is 5.40. The number of nitrogens with two attached hydrogens (primary N) is 2. The summed E-state index contributed by atoms with van der Waals surface area (Å²) in [5.74, 6) is -5.50. The summed E-state index contributed by atoms with van der Waals surface area (Å²) in [6, 6.07) is -2.42. The van der Waals surface area contributed by atoms with E-state index in [0.717, 1.165) is 0 Å². The van der Waals surface area contributed by atoms with Crippen LogP contribution in [0.3, 0.4) is 0 Å². The van der Waals surface area contributed by atoms with Gasteiger partial charge in [0, 0.05) is 44.4 Å². The second-order valence-electron chi connectivity index (χ2n) is 3.67. The maximum atomic E-state index is 9.86. The van der Waals surface area contributed by atoms with E-state index in [2.05, 4.69) is 0 Å². The average Bonchev–Trinajstić information content (AvgIpc) is 2.33. The molecular weight excluding hydrogens is 383 g/mol. The van der Waals surface area contributed by atoms with Crippen molar-refractivity contribution in [1.29, 1.82) is 0 Å². The van der Waals surface area contributed by atoms with Gasteiger partial charge in [-0.3, -0.25) is 0 Å². The predicted octanol–water partition coefficient (Wildman–Crippen LogP) is -6.82. The van der Waals surface area contributed by atoms with E-state index < -0.39 is 36.0 Å². The molecule has 0 aliphatic rings. The van der Waals surface area contributed by atoms with Crippen LogP contribution in [-0.4, -0.2) is 36.0 Å². The molecule has 0 fully saturated rings. The summed E-state index contributed by atoms with van der Waals surface area (Å²) in [5, 5.41) is 39.2. The molecule has 2 atom stereocenters. The Morgan fingerprint density at radius 3 is 1.10 bits per heavy atom. The number of rotatable bonds is 8. The van der Waals surface area contributed by atoms with E-state index in [9.17, 15) is 39.6 Å². The van der Waals surface area contributed by atoms with Crippen LogP contribution in [0.2, 0.25) is 0 Å². The Morgan fingerprint density at radius 2 is 0.952 bits per heavy atom. The van der Waals surface area contributed by atoms with Crippen molar-refractivity contribution in [3.05, 3.63) is 0 Å². The molecule has 0 bridgehead atoms. The van der Waals surface area contributed by atoms with Crippen LogP contribution in [0.4, 0.5) is 0 Å². The zero-order valence-electron chi connectivity index (χ0n) is 10.7. The van der Waals surface area contributed by atoms with Gasteiger partial charge in [-0.05, 0) is 25.7 Å². The predicted molar refractivity (Wildman–Crippen MR) is 54.4 cm³/mol. The average molecular weight is 397 g/mol. The van der Waals surface area contributed by atoms with Crippen LogP contribution >= 0.6 is 0 Å². The Labute approximate surface area is 133 Å². The molecule has 21 heavy (non-hydrogen) atoms. The van der Waals surface area contributed by atoms with Gasteiger partial charge >= 0.3 is 0 Å². The first kappa shape index (κ1) is 24.5. The van der Waals surface area contributed by atoms with E-state index in [4.69, 9.17) is 11.5 Å². The molecule has 0 amide bonds. The molecule has 126 valence electrons. The van der Waals surface area contributed by atoms with Crippen molar-refractivity contribution >= 4 is 23.9 Å². The molecule has 0 aliphatic carbocycles. The largest absolute Gasteiger partial charge is 0.550 e. The van der Waals surface area contributed by atoms with Crippen molar-refractivity contribution in [1.82, 2.24) is 0 Å². The van der Waals surface area contributed by atoms with E-state index in [-0.39, 0.29) is 46.1 Å². The third-order valence-electron chi connectivity index (χ3n) is 1.92. The van der Waals surface area contributed by atoms with Crippen LogP contribution in [-0.2, 0) is 39.6 Å². The van der Waals surface area contributed by atoms with Gasteiger partial charge < -0.3 is 51.1 Å². The standard InChI is InChI=1S/2C5H9NO4.Pd/c2*6-3(5(9)10)1-2-4(7)8;/h2*3H,1-2,6H2,(H,7,8)(H,9,10);/p-4/t2*3-;/m00./s1. The van der Waals surface area contributed by atoms with Gasteiger partial charge in [0.05, 0.1) is 11.9 Å². The van der Waals surface area contributed by atoms with Crippen LogP contribution < -0.4 is 31.9 Å². The van der Waals surface area contributed by atoms with Gasteiger partial charge in [-0.2, -0.15) is 0 Å². The quantitative estimate of drug-likeness (QED) is 0.370. The fraction of sp³-hybridized carbons (Fsp3) is 0.600. The van der Waals surface area contributed by atoms with Gasteiger partial charge in [0.2, 0.25) is 0 Å². The topological polar surface area (TPSA) is 213 Å². The molecule has 0 unspecified atom stereocenters. The summed E-state index contributed by atoms with van der Waals surface area (Å²) < 4.78 is 0. The first-order chi connectivity index (χ1) is 9.07. The van der Waals surface area contributed by atoms with Crippen molar-refractivity contribution in [2.45, 2.75) is 37.8 Å². The fourth-order valence-corrected chi connectivity index (χ4v) is 0.782. The fourth-order valence-electron chi connectivity index (χ4n) is 0.782. The van der Waals surface area contributed by atoms with E-state index in [1.807, 2.05) is 0 Å². The maximum absolute atomic E-state index is 9.86. The minimum Gasteiger partial charge on any atom is -0.550 e. The summed E-state index contributed by atoms with van der Waals surface area (Å²) in [6.07, 6.45) is -1.00. The van der Waals surface area contributed by atoms with E-state index in [1.165, 1.54) is 0 Å². The summed E-state index contributed by atoms with van der Waals surface area (Å²) >= 11 is 0. The zero-order valence-corrected chi connectivity index (χ0v) is 12.3. The van der Waals surface area contributed by atoms with Crippen LogP contribution in [0.15, 0.2) is 0 Å².